The smallest absolute Gasteiger partial charge is 0.255 e. The second kappa shape index (κ2) is 6.90. The third-order valence-electron chi connectivity index (χ3n) is 2.74. The van der Waals surface area contributed by atoms with E-state index in [-0.39, 0.29) is 11.4 Å². The zero-order valence-corrected chi connectivity index (χ0v) is 10.7. The summed E-state index contributed by atoms with van der Waals surface area (Å²) in [5.41, 5.74) is 5.60. The van der Waals surface area contributed by atoms with Crippen molar-refractivity contribution >= 4 is 11.7 Å². The molecule has 0 aliphatic rings. The molecule has 100 valence electrons. The Bertz CT molecular complexity index is 407. The lowest BCUT2D eigenvalue weighted by Crippen LogP contribution is -2.35. The van der Waals surface area contributed by atoms with Crippen molar-refractivity contribution in [1.29, 1.82) is 0 Å². The number of hydrogen-bond donors (Lipinski definition) is 2. The van der Waals surface area contributed by atoms with Crippen LogP contribution in [0, 0.1) is 5.82 Å². The van der Waals surface area contributed by atoms with Crippen molar-refractivity contribution in [2.45, 2.75) is 13.8 Å². The summed E-state index contributed by atoms with van der Waals surface area (Å²) in [6.45, 7) is 7.21. The highest BCUT2D eigenvalue weighted by Gasteiger charge is 2.11. The van der Waals surface area contributed by atoms with Crippen LogP contribution in [-0.2, 0) is 0 Å². The van der Waals surface area contributed by atoms with Crippen molar-refractivity contribution < 1.29 is 9.18 Å². The normalized spacial score (nSPS) is 10.7. The maximum atomic E-state index is 13.0. The standard InChI is InChI=1S/C12H19FN4O/c1-3-17(4-2)6-5-15-12(18)10-7-9(13)8-16-11(10)14/h7-8H,3-6H2,1-2H3,(H2,14,16)(H,15,18). The van der Waals surface area contributed by atoms with Gasteiger partial charge in [0.1, 0.15) is 11.6 Å². The molecule has 0 saturated carbocycles. The van der Waals surface area contributed by atoms with Gasteiger partial charge in [-0.25, -0.2) is 9.37 Å². The molecule has 3 N–H and O–H groups in total. The minimum absolute atomic E-state index is 0.0386. The van der Waals surface area contributed by atoms with Gasteiger partial charge in [-0.2, -0.15) is 0 Å². The highest BCUT2D eigenvalue weighted by molar-refractivity contribution is 5.98. The van der Waals surface area contributed by atoms with Gasteiger partial charge in [0, 0.05) is 13.1 Å². The van der Waals surface area contributed by atoms with Gasteiger partial charge in [-0.05, 0) is 19.2 Å². The number of pyridine rings is 1. The monoisotopic (exact) mass is 254 g/mol. The van der Waals surface area contributed by atoms with Crippen LogP contribution >= 0.6 is 0 Å². The van der Waals surface area contributed by atoms with Crippen molar-refractivity contribution in [2.75, 3.05) is 31.9 Å². The van der Waals surface area contributed by atoms with Gasteiger partial charge in [0.15, 0.2) is 0 Å². The van der Waals surface area contributed by atoms with Crippen LogP contribution in [-0.4, -0.2) is 42.0 Å². The molecule has 0 atom stereocenters. The number of hydrogen-bond acceptors (Lipinski definition) is 4. The molecule has 6 heteroatoms. The first-order valence-corrected chi connectivity index (χ1v) is 6.00. The van der Waals surface area contributed by atoms with Gasteiger partial charge in [-0.15, -0.1) is 0 Å². The molecule has 0 aromatic carbocycles. The molecule has 5 nitrogen and oxygen atoms in total. The van der Waals surface area contributed by atoms with Crippen LogP contribution in [0.15, 0.2) is 12.3 Å². The van der Waals surface area contributed by atoms with Crippen molar-refractivity contribution in [3.63, 3.8) is 0 Å². The average Bonchev–Trinajstić information content (AvgIpc) is 2.37. The first-order valence-electron chi connectivity index (χ1n) is 6.00. The molecule has 0 bridgehead atoms. The van der Waals surface area contributed by atoms with E-state index < -0.39 is 11.7 Å². The maximum absolute atomic E-state index is 13.0. The van der Waals surface area contributed by atoms with E-state index in [9.17, 15) is 9.18 Å². The summed E-state index contributed by atoms with van der Waals surface area (Å²) in [6.07, 6.45) is 0.988. The minimum Gasteiger partial charge on any atom is -0.383 e. The van der Waals surface area contributed by atoms with E-state index >= 15 is 0 Å². The van der Waals surface area contributed by atoms with Gasteiger partial charge in [0.25, 0.3) is 5.91 Å². The fourth-order valence-electron chi connectivity index (χ4n) is 1.59. The van der Waals surface area contributed by atoms with Crippen LogP contribution in [0.5, 0.6) is 0 Å². The second-order valence-electron chi connectivity index (χ2n) is 3.87. The fraction of sp³-hybridized carbons (Fsp3) is 0.500. The molecule has 0 aliphatic heterocycles. The Morgan fingerprint density at radius 1 is 1.50 bits per heavy atom. The van der Waals surface area contributed by atoms with E-state index in [0.717, 1.165) is 31.9 Å². The third kappa shape index (κ3) is 3.96. The van der Waals surface area contributed by atoms with E-state index in [2.05, 4.69) is 29.0 Å². The Labute approximate surface area is 106 Å². The number of halogens is 1. The van der Waals surface area contributed by atoms with Crippen LogP contribution in [0.4, 0.5) is 10.2 Å². The first kappa shape index (κ1) is 14.4. The van der Waals surface area contributed by atoms with Gasteiger partial charge in [0.2, 0.25) is 0 Å². The summed E-state index contributed by atoms with van der Waals surface area (Å²) in [6, 6.07) is 1.09. The Morgan fingerprint density at radius 2 is 2.17 bits per heavy atom. The average molecular weight is 254 g/mol. The van der Waals surface area contributed by atoms with Crippen LogP contribution in [0.1, 0.15) is 24.2 Å². The molecule has 1 heterocycles. The van der Waals surface area contributed by atoms with Gasteiger partial charge >= 0.3 is 0 Å². The zero-order chi connectivity index (χ0) is 13.5. The molecule has 1 aromatic heterocycles. The molecular weight excluding hydrogens is 235 g/mol. The topological polar surface area (TPSA) is 71.2 Å². The predicted octanol–water partition coefficient (Wildman–Crippen LogP) is 0.875. The Hall–Kier alpha value is -1.69. The number of likely N-dealkylation sites (N-methyl/N-ethyl adjacent to an activating group) is 1. The van der Waals surface area contributed by atoms with Crippen molar-refractivity contribution in [3.05, 3.63) is 23.6 Å². The molecule has 0 spiro atoms. The zero-order valence-electron chi connectivity index (χ0n) is 10.7. The minimum atomic E-state index is -0.571. The number of rotatable bonds is 6. The second-order valence-corrected chi connectivity index (χ2v) is 3.87. The first-order chi connectivity index (χ1) is 8.58. The third-order valence-corrected chi connectivity index (χ3v) is 2.74. The van der Waals surface area contributed by atoms with E-state index in [4.69, 9.17) is 5.73 Å². The lowest BCUT2D eigenvalue weighted by molar-refractivity contribution is 0.0949. The van der Waals surface area contributed by atoms with Crippen LogP contribution < -0.4 is 11.1 Å². The molecular formula is C12H19FN4O. The molecule has 0 aliphatic carbocycles. The van der Waals surface area contributed by atoms with Crippen molar-refractivity contribution in [1.82, 2.24) is 15.2 Å². The van der Waals surface area contributed by atoms with E-state index in [0.29, 0.717) is 6.54 Å². The Morgan fingerprint density at radius 3 is 2.78 bits per heavy atom. The van der Waals surface area contributed by atoms with Gasteiger partial charge in [-0.1, -0.05) is 13.8 Å². The summed E-state index contributed by atoms with van der Waals surface area (Å²) >= 11 is 0. The van der Waals surface area contributed by atoms with Gasteiger partial charge in [0.05, 0.1) is 11.8 Å². The van der Waals surface area contributed by atoms with Crippen LogP contribution in [0.2, 0.25) is 0 Å². The Balaban J connectivity index is 2.53. The number of nitrogens with one attached hydrogen (secondary N) is 1. The quantitative estimate of drug-likeness (QED) is 0.790. The number of carbonyl (C=O) groups excluding carboxylic acids is 1. The van der Waals surface area contributed by atoms with Crippen LogP contribution in [0.3, 0.4) is 0 Å². The maximum Gasteiger partial charge on any atom is 0.255 e. The fourth-order valence-corrected chi connectivity index (χ4v) is 1.59. The largest absolute Gasteiger partial charge is 0.383 e. The summed E-state index contributed by atoms with van der Waals surface area (Å²) in [4.78, 5) is 17.5. The highest BCUT2D eigenvalue weighted by atomic mass is 19.1. The molecule has 1 rings (SSSR count). The summed E-state index contributed by atoms with van der Waals surface area (Å²) < 4.78 is 13.0. The molecule has 0 radical (unpaired) electrons. The van der Waals surface area contributed by atoms with E-state index in [1.807, 2.05) is 0 Å². The highest BCUT2D eigenvalue weighted by Crippen LogP contribution is 2.09. The van der Waals surface area contributed by atoms with E-state index in [1.165, 1.54) is 0 Å². The number of nitrogens with zero attached hydrogens (tertiary/aromatic N) is 2. The summed E-state index contributed by atoms with van der Waals surface area (Å²) in [5, 5.41) is 2.70. The van der Waals surface area contributed by atoms with Crippen molar-refractivity contribution in [2.24, 2.45) is 0 Å². The molecule has 1 aromatic rings. The Kier molecular flexibility index (Phi) is 5.51. The SMILES string of the molecule is CCN(CC)CCNC(=O)c1cc(F)cnc1N. The van der Waals surface area contributed by atoms with Crippen molar-refractivity contribution in [3.8, 4) is 0 Å². The lowest BCUT2D eigenvalue weighted by atomic mass is 10.2. The molecule has 1 amide bonds. The number of nitrogen functional groups attached to an aromatic ring is 1. The van der Waals surface area contributed by atoms with Crippen LogP contribution in [0.25, 0.3) is 0 Å². The molecule has 0 fully saturated rings. The lowest BCUT2D eigenvalue weighted by Gasteiger charge is -2.18. The number of carbonyl (C=O) groups is 1. The van der Waals surface area contributed by atoms with E-state index in [1.54, 1.807) is 0 Å². The number of amides is 1. The number of aromatic nitrogens is 1. The number of anilines is 1. The molecule has 18 heavy (non-hydrogen) atoms. The van der Waals surface area contributed by atoms with Gasteiger partial charge in [-0.3, -0.25) is 4.79 Å². The van der Waals surface area contributed by atoms with Gasteiger partial charge < -0.3 is 16.0 Å². The predicted molar refractivity (Wildman–Crippen MR) is 68.7 cm³/mol. The molecule has 0 saturated heterocycles. The number of nitrogens with two attached hydrogens (primary N) is 1. The summed E-state index contributed by atoms with van der Waals surface area (Å²) in [7, 11) is 0. The molecule has 0 unspecified atom stereocenters. The summed E-state index contributed by atoms with van der Waals surface area (Å²) in [5.74, 6) is -0.929.